The van der Waals surface area contributed by atoms with Crippen LogP contribution >= 0.6 is 0 Å². The fourth-order valence-corrected chi connectivity index (χ4v) is 3.46. The van der Waals surface area contributed by atoms with Crippen molar-refractivity contribution >= 4 is 11.8 Å². The van der Waals surface area contributed by atoms with Gasteiger partial charge in [0.2, 0.25) is 0 Å². The third-order valence-corrected chi connectivity index (χ3v) is 4.56. The summed E-state index contributed by atoms with van der Waals surface area (Å²) in [6.45, 7) is 0.791. The average Bonchev–Trinajstić information content (AvgIpc) is 2.95. The van der Waals surface area contributed by atoms with Gasteiger partial charge in [-0.15, -0.1) is 10.2 Å². The Bertz CT molecular complexity index is 561. The van der Waals surface area contributed by atoms with E-state index in [9.17, 15) is 23.1 Å². The number of fused-ring (bicyclic) bond motifs is 1. The maximum Gasteiger partial charge on any atom is 0.435 e. The minimum Gasteiger partial charge on any atom is -0.481 e. The lowest BCUT2D eigenvalue weighted by Gasteiger charge is -2.23. The Balaban J connectivity index is 1.82. The number of aromatic nitrogens is 2. The van der Waals surface area contributed by atoms with Crippen LogP contribution in [-0.4, -0.2) is 34.4 Å². The SMILES string of the molecule is O=C(O)[C@@]12CCC[C@H]1CN(c1ccc(C(F)(F)F)nn1)C2. The van der Waals surface area contributed by atoms with Crippen molar-refractivity contribution < 1.29 is 23.1 Å². The van der Waals surface area contributed by atoms with Crippen molar-refractivity contribution in [3.8, 4) is 0 Å². The number of carboxylic acids is 1. The second-order valence-corrected chi connectivity index (χ2v) is 5.71. The lowest BCUT2D eigenvalue weighted by atomic mass is 9.81. The number of nitrogens with zero attached hydrogens (tertiary/aromatic N) is 3. The number of hydrogen-bond donors (Lipinski definition) is 1. The van der Waals surface area contributed by atoms with Crippen LogP contribution in [-0.2, 0) is 11.0 Å². The zero-order valence-corrected chi connectivity index (χ0v) is 11.1. The van der Waals surface area contributed by atoms with Crippen LogP contribution in [0.3, 0.4) is 0 Å². The summed E-state index contributed by atoms with van der Waals surface area (Å²) in [6.07, 6.45) is -2.20. The highest BCUT2D eigenvalue weighted by molar-refractivity contribution is 5.77. The first kappa shape index (κ1) is 14.1. The first-order valence-corrected chi connectivity index (χ1v) is 6.72. The Morgan fingerprint density at radius 2 is 2.14 bits per heavy atom. The van der Waals surface area contributed by atoms with Crippen molar-refractivity contribution in [3.63, 3.8) is 0 Å². The predicted molar refractivity (Wildman–Crippen MR) is 66.7 cm³/mol. The first-order chi connectivity index (χ1) is 9.83. The van der Waals surface area contributed by atoms with E-state index in [0.29, 0.717) is 18.8 Å². The fraction of sp³-hybridized carbons (Fsp3) is 0.615. The molecule has 0 radical (unpaired) electrons. The number of halogens is 3. The van der Waals surface area contributed by atoms with Crippen LogP contribution in [0.25, 0.3) is 0 Å². The normalized spacial score (nSPS) is 28.7. The summed E-state index contributed by atoms with van der Waals surface area (Å²) in [5.74, 6) is -0.496. The van der Waals surface area contributed by atoms with Crippen molar-refractivity contribution in [1.82, 2.24) is 10.2 Å². The van der Waals surface area contributed by atoms with Crippen LogP contribution in [0.15, 0.2) is 12.1 Å². The van der Waals surface area contributed by atoms with Gasteiger partial charge in [-0.3, -0.25) is 4.79 Å². The van der Waals surface area contributed by atoms with Crippen LogP contribution in [0.2, 0.25) is 0 Å². The maximum absolute atomic E-state index is 12.5. The topological polar surface area (TPSA) is 66.3 Å². The lowest BCUT2D eigenvalue weighted by molar-refractivity contribution is -0.149. The molecule has 2 aliphatic rings. The standard InChI is InChI=1S/C13H14F3N3O2/c14-13(15,16)9-3-4-10(18-17-9)19-6-8-2-1-5-12(8,7-19)11(20)21/h3-4,8H,1-2,5-7H2,(H,20,21)/t8-,12+/m0/s1. The molecule has 1 aromatic rings. The molecular weight excluding hydrogens is 287 g/mol. The summed E-state index contributed by atoms with van der Waals surface area (Å²) >= 11 is 0. The summed E-state index contributed by atoms with van der Waals surface area (Å²) in [7, 11) is 0. The zero-order chi connectivity index (χ0) is 15.3. The highest BCUT2D eigenvalue weighted by Crippen LogP contribution is 2.49. The van der Waals surface area contributed by atoms with E-state index in [0.717, 1.165) is 18.9 Å². The van der Waals surface area contributed by atoms with Gasteiger partial charge in [-0.1, -0.05) is 6.42 Å². The van der Waals surface area contributed by atoms with E-state index in [4.69, 9.17) is 0 Å². The summed E-state index contributed by atoms with van der Waals surface area (Å²) < 4.78 is 37.4. The molecule has 1 saturated carbocycles. The quantitative estimate of drug-likeness (QED) is 0.907. The molecule has 21 heavy (non-hydrogen) atoms. The van der Waals surface area contributed by atoms with E-state index >= 15 is 0 Å². The monoisotopic (exact) mass is 301 g/mol. The zero-order valence-electron chi connectivity index (χ0n) is 11.1. The molecule has 1 aromatic heterocycles. The molecule has 1 aliphatic heterocycles. The molecule has 2 atom stereocenters. The molecule has 2 heterocycles. The number of alkyl halides is 3. The molecular formula is C13H14F3N3O2. The van der Waals surface area contributed by atoms with Gasteiger partial charge >= 0.3 is 12.1 Å². The highest BCUT2D eigenvalue weighted by atomic mass is 19.4. The molecule has 0 spiro atoms. The molecule has 0 amide bonds. The molecule has 1 aliphatic carbocycles. The molecule has 1 N–H and O–H groups in total. The summed E-state index contributed by atoms with van der Waals surface area (Å²) in [5.41, 5.74) is -1.83. The van der Waals surface area contributed by atoms with E-state index in [1.807, 2.05) is 0 Å². The largest absolute Gasteiger partial charge is 0.481 e. The molecule has 8 heteroatoms. The molecule has 114 valence electrons. The Morgan fingerprint density at radius 1 is 1.38 bits per heavy atom. The van der Waals surface area contributed by atoms with E-state index < -0.39 is 23.3 Å². The molecule has 2 fully saturated rings. The molecule has 0 aromatic carbocycles. The van der Waals surface area contributed by atoms with Gasteiger partial charge in [0, 0.05) is 13.1 Å². The van der Waals surface area contributed by atoms with E-state index in [-0.39, 0.29) is 12.5 Å². The van der Waals surface area contributed by atoms with Gasteiger partial charge in [0.25, 0.3) is 0 Å². The van der Waals surface area contributed by atoms with Crippen LogP contribution in [0.5, 0.6) is 0 Å². The van der Waals surface area contributed by atoms with E-state index in [1.54, 1.807) is 4.90 Å². The summed E-state index contributed by atoms with van der Waals surface area (Å²) in [6, 6.07) is 2.14. The Hall–Kier alpha value is -1.86. The number of carbonyl (C=O) groups is 1. The Labute approximate surface area is 118 Å². The van der Waals surface area contributed by atoms with Crippen LogP contribution in [0.1, 0.15) is 25.0 Å². The minimum atomic E-state index is -4.52. The summed E-state index contributed by atoms with van der Waals surface area (Å²) in [5, 5.41) is 16.3. The third-order valence-electron chi connectivity index (χ3n) is 4.56. The van der Waals surface area contributed by atoms with Gasteiger partial charge in [0.1, 0.15) is 0 Å². The second-order valence-electron chi connectivity index (χ2n) is 5.71. The van der Waals surface area contributed by atoms with Gasteiger partial charge in [-0.2, -0.15) is 13.2 Å². The van der Waals surface area contributed by atoms with Crippen molar-refractivity contribution in [2.45, 2.75) is 25.4 Å². The van der Waals surface area contributed by atoms with Gasteiger partial charge < -0.3 is 10.0 Å². The van der Waals surface area contributed by atoms with E-state index in [1.165, 1.54) is 6.07 Å². The summed E-state index contributed by atoms with van der Waals surface area (Å²) in [4.78, 5) is 13.3. The second kappa shape index (κ2) is 4.57. The van der Waals surface area contributed by atoms with Gasteiger partial charge in [0.05, 0.1) is 5.41 Å². The number of hydrogen-bond acceptors (Lipinski definition) is 4. The first-order valence-electron chi connectivity index (χ1n) is 6.72. The number of aliphatic carboxylic acids is 1. The molecule has 3 rings (SSSR count). The van der Waals surface area contributed by atoms with Gasteiger partial charge in [-0.25, -0.2) is 0 Å². The van der Waals surface area contributed by atoms with Crippen molar-refractivity contribution in [2.24, 2.45) is 11.3 Å². The molecule has 1 saturated heterocycles. The van der Waals surface area contributed by atoms with Crippen molar-refractivity contribution in [2.75, 3.05) is 18.0 Å². The molecule has 5 nitrogen and oxygen atoms in total. The smallest absolute Gasteiger partial charge is 0.435 e. The number of anilines is 1. The fourth-order valence-electron chi connectivity index (χ4n) is 3.46. The average molecular weight is 301 g/mol. The van der Waals surface area contributed by atoms with Gasteiger partial charge in [-0.05, 0) is 30.9 Å². The number of rotatable bonds is 2. The van der Waals surface area contributed by atoms with E-state index in [2.05, 4.69) is 10.2 Å². The van der Waals surface area contributed by atoms with Crippen molar-refractivity contribution in [3.05, 3.63) is 17.8 Å². The predicted octanol–water partition coefficient (Wildman–Crippen LogP) is 2.19. The van der Waals surface area contributed by atoms with Crippen LogP contribution in [0.4, 0.5) is 19.0 Å². The van der Waals surface area contributed by atoms with Crippen LogP contribution in [0, 0.1) is 11.3 Å². The Kier molecular flexibility index (Phi) is 3.07. The van der Waals surface area contributed by atoms with Crippen LogP contribution < -0.4 is 4.90 Å². The molecule has 0 bridgehead atoms. The minimum absolute atomic E-state index is 0.0269. The third kappa shape index (κ3) is 2.22. The lowest BCUT2D eigenvalue weighted by Crippen LogP contribution is -2.35. The Morgan fingerprint density at radius 3 is 2.67 bits per heavy atom. The van der Waals surface area contributed by atoms with Gasteiger partial charge in [0.15, 0.2) is 11.5 Å². The highest BCUT2D eigenvalue weighted by Gasteiger charge is 2.55. The number of carboxylic acid groups (broad SMARTS) is 1. The maximum atomic E-state index is 12.5. The van der Waals surface area contributed by atoms with Crippen molar-refractivity contribution in [1.29, 1.82) is 0 Å². The molecule has 0 unspecified atom stereocenters.